The average Bonchev–Trinajstić information content (AvgIpc) is 2.57. The van der Waals surface area contributed by atoms with Crippen molar-refractivity contribution in [1.29, 1.82) is 0 Å². The van der Waals surface area contributed by atoms with Gasteiger partial charge in [-0.05, 0) is 49.5 Å². The van der Waals surface area contributed by atoms with Gasteiger partial charge in [-0.25, -0.2) is 4.98 Å². The van der Waals surface area contributed by atoms with E-state index in [0.717, 1.165) is 15.9 Å². The molecule has 3 rings (SSSR count). The van der Waals surface area contributed by atoms with Crippen LogP contribution in [0.4, 0.5) is 0 Å². The topological polar surface area (TPSA) is 33.6 Å². The second-order valence-corrected chi connectivity index (χ2v) is 6.20. The van der Waals surface area contributed by atoms with Gasteiger partial charge in [-0.2, -0.15) is 0 Å². The molecule has 102 valence electrons. The summed E-state index contributed by atoms with van der Waals surface area (Å²) in [6.45, 7) is 4.46. The predicted octanol–water partition coefficient (Wildman–Crippen LogP) is 4.54. The lowest BCUT2D eigenvalue weighted by Crippen LogP contribution is -2.16. The third-order valence-corrected chi connectivity index (χ3v) is 4.76. The van der Waals surface area contributed by atoms with Crippen LogP contribution in [0.2, 0.25) is 0 Å². The van der Waals surface area contributed by atoms with E-state index < -0.39 is 0 Å². The fourth-order valence-corrected chi connectivity index (χ4v) is 3.63. The fourth-order valence-electron chi connectivity index (χ4n) is 3.31. The van der Waals surface area contributed by atoms with Crippen LogP contribution < -0.4 is 0 Å². The molecule has 0 amide bonds. The molecule has 0 saturated heterocycles. The Kier molecular flexibility index (Phi) is 3.44. The van der Waals surface area contributed by atoms with Crippen LogP contribution in [0, 0.1) is 17.6 Å². The largest absolute Gasteiger partial charge is 0.329 e. The summed E-state index contributed by atoms with van der Waals surface area (Å²) in [6, 6.07) is 2.53. The smallest absolute Gasteiger partial charge is 0.179 e. The maximum Gasteiger partial charge on any atom is 0.179 e. The van der Waals surface area contributed by atoms with Gasteiger partial charge in [-0.1, -0.05) is 26.2 Å². The summed E-state index contributed by atoms with van der Waals surface area (Å²) in [5.74, 6) is 0.676. The molecule has 2 aromatic rings. The zero-order valence-corrected chi connectivity index (χ0v) is 12.5. The number of aryl methyl sites for hydroxylation is 1. The molecule has 3 nitrogen and oxygen atoms in total. The van der Waals surface area contributed by atoms with Crippen molar-refractivity contribution in [3.05, 3.63) is 22.6 Å². The maximum absolute atomic E-state index is 5.56. The van der Waals surface area contributed by atoms with Crippen LogP contribution in [0.15, 0.2) is 12.3 Å². The van der Waals surface area contributed by atoms with Crippen molar-refractivity contribution in [1.82, 2.24) is 14.5 Å². The Balaban J connectivity index is 2.16. The van der Waals surface area contributed by atoms with Gasteiger partial charge in [0.2, 0.25) is 0 Å². The van der Waals surface area contributed by atoms with Gasteiger partial charge in [0.1, 0.15) is 0 Å². The first-order valence-electron chi connectivity index (χ1n) is 7.24. The molecule has 0 aliphatic heterocycles. The molecule has 0 radical (unpaired) electrons. The predicted molar refractivity (Wildman–Crippen MR) is 80.9 cm³/mol. The van der Waals surface area contributed by atoms with Gasteiger partial charge in [0.15, 0.2) is 10.4 Å². The van der Waals surface area contributed by atoms with Crippen LogP contribution in [-0.4, -0.2) is 14.5 Å². The molecule has 2 atom stereocenters. The van der Waals surface area contributed by atoms with E-state index in [1.54, 1.807) is 0 Å². The number of fused-ring (bicyclic) bond motifs is 1. The average molecular weight is 275 g/mol. The molecule has 1 saturated carbocycles. The fraction of sp³-hybridized carbons (Fsp3) is 0.600. The number of rotatable bonds is 1. The lowest BCUT2D eigenvalue weighted by atomic mass is 9.97. The highest BCUT2D eigenvalue weighted by Crippen LogP contribution is 2.34. The number of nitrogens with zero attached hydrogens (tertiary/aromatic N) is 2. The highest BCUT2D eigenvalue weighted by Gasteiger charge is 2.24. The van der Waals surface area contributed by atoms with E-state index in [4.69, 9.17) is 12.2 Å². The minimum Gasteiger partial charge on any atom is -0.329 e. The van der Waals surface area contributed by atoms with Crippen LogP contribution in [0.5, 0.6) is 0 Å². The minimum atomic E-state index is 0.498. The molecule has 2 unspecified atom stereocenters. The zero-order chi connectivity index (χ0) is 13.4. The number of H-pyrrole nitrogens is 1. The number of nitrogens with one attached hydrogen (secondary N) is 1. The van der Waals surface area contributed by atoms with Crippen LogP contribution in [0.1, 0.15) is 50.6 Å². The summed E-state index contributed by atoms with van der Waals surface area (Å²) >= 11 is 5.56. The molecule has 1 fully saturated rings. The second-order valence-electron chi connectivity index (χ2n) is 5.81. The lowest BCUT2D eigenvalue weighted by Gasteiger charge is -2.23. The molecule has 4 heteroatoms. The molecule has 1 N–H and O–H groups in total. The van der Waals surface area contributed by atoms with Crippen LogP contribution in [0.25, 0.3) is 11.2 Å². The number of aromatic amines is 1. The summed E-state index contributed by atoms with van der Waals surface area (Å²) in [7, 11) is 0. The van der Waals surface area contributed by atoms with E-state index in [1.165, 1.54) is 37.7 Å². The van der Waals surface area contributed by atoms with E-state index in [0.29, 0.717) is 12.0 Å². The number of pyridine rings is 1. The van der Waals surface area contributed by atoms with Crippen molar-refractivity contribution in [3.8, 4) is 0 Å². The highest BCUT2D eigenvalue weighted by molar-refractivity contribution is 7.71. The van der Waals surface area contributed by atoms with Crippen LogP contribution in [0.3, 0.4) is 0 Å². The highest BCUT2D eigenvalue weighted by atomic mass is 32.1. The van der Waals surface area contributed by atoms with Crippen LogP contribution >= 0.6 is 12.2 Å². The van der Waals surface area contributed by atoms with E-state index in [2.05, 4.69) is 28.4 Å². The summed E-state index contributed by atoms with van der Waals surface area (Å²) in [6.07, 6.45) is 8.40. The van der Waals surface area contributed by atoms with Gasteiger partial charge in [0.05, 0.1) is 5.52 Å². The van der Waals surface area contributed by atoms with Gasteiger partial charge in [0, 0.05) is 12.2 Å². The maximum atomic E-state index is 5.56. The van der Waals surface area contributed by atoms with Crippen molar-refractivity contribution in [3.63, 3.8) is 0 Å². The molecule has 0 spiro atoms. The van der Waals surface area contributed by atoms with E-state index in [1.807, 2.05) is 12.3 Å². The summed E-state index contributed by atoms with van der Waals surface area (Å²) < 4.78 is 3.10. The third-order valence-electron chi connectivity index (χ3n) is 4.47. The first kappa shape index (κ1) is 12.9. The normalized spacial score (nSPS) is 24.5. The molecule has 1 aliphatic rings. The van der Waals surface area contributed by atoms with Crippen molar-refractivity contribution in [2.45, 2.75) is 52.0 Å². The summed E-state index contributed by atoms with van der Waals surface area (Å²) in [5, 5.41) is 0. The Hall–Kier alpha value is -1.16. The van der Waals surface area contributed by atoms with Crippen molar-refractivity contribution >= 4 is 23.4 Å². The molecule has 19 heavy (non-hydrogen) atoms. The Labute approximate surface area is 119 Å². The van der Waals surface area contributed by atoms with Gasteiger partial charge >= 0.3 is 0 Å². The number of aromatic nitrogens is 3. The van der Waals surface area contributed by atoms with Gasteiger partial charge in [-0.15, -0.1) is 0 Å². The van der Waals surface area contributed by atoms with E-state index in [-0.39, 0.29) is 0 Å². The Morgan fingerprint density at radius 1 is 1.32 bits per heavy atom. The molecule has 0 bridgehead atoms. The summed E-state index contributed by atoms with van der Waals surface area (Å²) in [4.78, 5) is 7.92. The van der Waals surface area contributed by atoms with Crippen LogP contribution in [-0.2, 0) is 0 Å². The third kappa shape index (κ3) is 2.22. The molecule has 2 heterocycles. The number of hydrogen-bond donors (Lipinski definition) is 1. The molecule has 2 aromatic heterocycles. The van der Waals surface area contributed by atoms with Gasteiger partial charge in [-0.3, -0.25) is 4.57 Å². The number of imidazole rings is 1. The Morgan fingerprint density at radius 3 is 2.95 bits per heavy atom. The Morgan fingerprint density at radius 2 is 2.11 bits per heavy atom. The summed E-state index contributed by atoms with van der Waals surface area (Å²) in [5.41, 5.74) is 3.35. The monoisotopic (exact) mass is 275 g/mol. The first-order chi connectivity index (χ1) is 9.18. The molecular weight excluding hydrogens is 254 g/mol. The molecule has 0 aromatic carbocycles. The van der Waals surface area contributed by atoms with Crippen molar-refractivity contribution < 1.29 is 0 Å². The van der Waals surface area contributed by atoms with Gasteiger partial charge in [0.25, 0.3) is 0 Å². The quantitative estimate of drug-likeness (QED) is 0.612. The number of hydrogen-bond acceptors (Lipinski definition) is 2. The molecule has 1 aliphatic carbocycles. The lowest BCUT2D eigenvalue weighted by molar-refractivity contribution is 0.336. The second kappa shape index (κ2) is 5.08. The van der Waals surface area contributed by atoms with Gasteiger partial charge < -0.3 is 4.98 Å². The molecular formula is C15H21N3S. The first-order valence-corrected chi connectivity index (χ1v) is 7.65. The SMILES string of the molecule is Cc1ccnc2c1[nH]c(=S)n2C1CCCCCC1C. The van der Waals surface area contributed by atoms with Crippen molar-refractivity contribution in [2.75, 3.05) is 0 Å². The van der Waals surface area contributed by atoms with E-state index in [9.17, 15) is 0 Å². The zero-order valence-electron chi connectivity index (χ0n) is 11.6. The standard InChI is InChI=1S/C15H21N3S/c1-10-6-4-3-5-7-12(10)18-14-13(17-15(18)19)11(2)8-9-16-14/h8-10,12H,3-7H2,1-2H3,(H,17,19). The van der Waals surface area contributed by atoms with E-state index >= 15 is 0 Å². The Bertz CT molecular complexity index is 640. The minimum absolute atomic E-state index is 0.498. The van der Waals surface area contributed by atoms with Crippen molar-refractivity contribution in [2.24, 2.45) is 5.92 Å².